The lowest BCUT2D eigenvalue weighted by molar-refractivity contribution is 0.415. The summed E-state index contributed by atoms with van der Waals surface area (Å²) < 4.78 is 4.85. The fourth-order valence-corrected chi connectivity index (χ4v) is 3.31. The minimum Gasteiger partial charge on any atom is -0.497 e. The molecule has 1 aromatic carbocycles. The predicted octanol–water partition coefficient (Wildman–Crippen LogP) is 5.10. The highest BCUT2D eigenvalue weighted by Gasteiger charge is 2.33. The van der Waals surface area contributed by atoms with Crippen molar-refractivity contribution in [3.63, 3.8) is 0 Å². The van der Waals surface area contributed by atoms with Gasteiger partial charge in [0.15, 0.2) is 11.5 Å². The van der Waals surface area contributed by atoms with Crippen LogP contribution in [-0.2, 0) is 0 Å². The van der Waals surface area contributed by atoms with Crippen LogP contribution in [-0.4, -0.2) is 31.1 Å². The third-order valence-corrected chi connectivity index (χ3v) is 4.86. The van der Waals surface area contributed by atoms with Crippen molar-refractivity contribution < 1.29 is 4.74 Å². The molecule has 0 bridgehead atoms. The molecule has 3 heterocycles. The van der Waals surface area contributed by atoms with E-state index in [1.807, 2.05) is 0 Å². The summed E-state index contributed by atoms with van der Waals surface area (Å²) in [7, 11) is 1.58. The normalized spacial score (nSPS) is 14.1. The van der Waals surface area contributed by atoms with Crippen molar-refractivity contribution in [3.05, 3.63) is 46.0 Å². The van der Waals surface area contributed by atoms with E-state index in [0.29, 0.717) is 22.9 Å². The summed E-state index contributed by atoms with van der Waals surface area (Å²) in [4.78, 5) is 17.4. The molecule has 0 amide bonds. The number of halogens is 5. The van der Waals surface area contributed by atoms with Crippen LogP contribution in [0.25, 0.3) is 5.65 Å². The van der Waals surface area contributed by atoms with Crippen molar-refractivity contribution in [2.24, 2.45) is 9.98 Å². The second-order valence-corrected chi connectivity index (χ2v) is 8.66. The van der Waals surface area contributed by atoms with Gasteiger partial charge in [-0.05, 0) is 30.3 Å². The summed E-state index contributed by atoms with van der Waals surface area (Å²) >= 11 is 30.5. The first-order chi connectivity index (χ1) is 13.3. The third kappa shape index (κ3) is 3.60. The quantitative estimate of drug-likeness (QED) is 0.520. The van der Waals surface area contributed by atoms with E-state index in [-0.39, 0.29) is 27.4 Å². The average molecular weight is 479 g/mol. The van der Waals surface area contributed by atoms with Crippen LogP contribution < -0.4 is 15.7 Å². The Morgan fingerprint density at radius 1 is 1.07 bits per heavy atom. The van der Waals surface area contributed by atoms with Crippen molar-refractivity contribution in [2.45, 2.75) is 3.79 Å². The Morgan fingerprint density at radius 2 is 1.79 bits per heavy atom. The fraction of sp³-hybridized carbons (Fsp3) is 0.125. The van der Waals surface area contributed by atoms with Crippen LogP contribution in [0.2, 0.25) is 10.0 Å². The number of aliphatic imine (C=N–C) groups is 1. The number of anilines is 1. The van der Waals surface area contributed by atoms with Gasteiger partial charge in [0, 0.05) is 0 Å². The van der Waals surface area contributed by atoms with Gasteiger partial charge >= 0.3 is 0 Å². The Bertz CT molecular complexity index is 1180. The van der Waals surface area contributed by atoms with Crippen molar-refractivity contribution in [3.8, 4) is 5.75 Å². The van der Waals surface area contributed by atoms with E-state index in [0.717, 1.165) is 0 Å². The molecule has 12 heteroatoms. The lowest BCUT2D eigenvalue weighted by Crippen LogP contribution is -2.32. The van der Waals surface area contributed by atoms with Gasteiger partial charge in [0.2, 0.25) is 9.74 Å². The van der Waals surface area contributed by atoms with Crippen LogP contribution in [0.15, 0.2) is 40.3 Å². The molecule has 28 heavy (non-hydrogen) atoms. The Labute approximate surface area is 183 Å². The molecule has 0 spiro atoms. The summed E-state index contributed by atoms with van der Waals surface area (Å²) in [6, 6.07) is 8.59. The molecule has 0 unspecified atom stereocenters. The molecule has 1 aliphatic heterocycles. The second-order valence-electron chi connectivity index (χ2n) is 5.56. The minimum absolute atomic E-state index is 0.0390. The number of amidine groups is 1. The summed E-state index contributed by atoms with van der Waals surface area (Å²) in [5.74, 6) is 1.28. The van der Waals surface area contributed by atoms with E-state index in [9.17, 15) is 0 Å². The molecule has 3 aromatic rings. The highest BCUT2D eigenvalue weighted by molar-refractivity contribution is 6.77. The van der Waals surface area contributed by atoms with E-state index in [1.54, 1.807) is 31.4 Å². The van der Waals surface area contributed by atoms with Gasteiger partial charge in [0.05, 0.1) is 22.8 Å². The first-order valence-corrected chi connectivity index (χ1v) is 9.56. The van der Waals surface area contributed by atoms with E-state index >= 15 is 0 Å². The smallest absolute Gasteiger partial charge is 0.255 e. The number of alkyl halides is 3. The highest BCUT2D eigenvalue weighted by atomic mass is 35.6. The topological polar surface area (TPSA) is 76.2 Å². The van der Waals surface area contributed by atoms with Gasteiger partial charge in [-0.15, -0.1) is 0 Å². The van der Waals surface area contributed by atoms with E-state index in [1.165, 1.54) is 10.5 Å². The van der Waals surface area contributed by atoms with Crippen molar-refractivity contribution >= 4 is 86.9 Å². The molecule has 7 nitrogen and oxygen atoms in total. The standard InChI is InChI=1S/C16H9Cl5N6O/c1-28-8-4-2-7(3-5-8)22-14-24-12-10(18)6-9(17)11-23-13(16(19,20)21)25-15(26-14)27(11)12/h2-6H,1H3,(H,22,23,24,25,26). The predicted molar refractivity (Wildman–Crippen MR) is 112 cm³/mol. The maximum atomic E-state index is 6.32. The Kier molecular flexibility index (Phi) is 5.05. The van der Waals surface area contributed by atoms with E-state index in [4.69, 9.17) is 62.7 Å². The average Bonchev–Trinajstić information content (AvgIpc) is 2.65. The number of hydrogen-bond donors (Lipinski definition) is 1. The highest BCUT2D eigenvalue weighted by Crippen LogP contribution is 2.37. The molecule has 0 saturated carbocycles. The third-order valence-electron chi connectivity index (χ3n) is 3.75. The molecular formula is C16H9Cl5N6O. The molecular weight excluding hydrogens is 469 g/mol. The molecule has 0 radical (unpaired) electrons. The van der Waals surface area contributed by atoms with E-state index in [2.05, 4.69) is 25.3 Å². The molecule has 0 fully saturated rings. The van der Waals surface area contributed by atoms with Gasteiger partial charge in [-0.1, -0.05) is 58.0 Å². The maximum Gasteiger partial charge on any atom is 0.255 e. The zero-order valence-electron chi connectivity index (χ0n) is 13.9. The first-order valence-electron chi connectivity index (χ1n) is 7.67. The fourth-order valence-electron chi connectivity index (χ4n) is 2.51. The Balaban J connectivity index is 1.97. The zero-order valence-corrected chi connectivity index (χ0v) is 17.7. The van der Waals surface area contributed by atoms with Gasteiger partial charge in [0.1, 0.15) is 11.6 Å². The number of methoxy groups -OCH3 is 1. The van der Waals surface area contributed by atoms with Gasteiger partial charge < -0.3 is 10.1 Å². The second kappa shape index (κ2) is 7.24. The molecule has 1 aliphatic rings. The van der Waals surface area contributed by atoms with Crippen LogP contribution in [0, 0.1) is 0 Å². The van der Waals surface area contributed by atoms with Gasteiger partial charge in [0.25, 0.3) is 5.62 Å². The maximum absolute atomic E-state index is 6.32. The molecule has 0 atom stereocenters. The monoisotopic (exact) mass is 476 g/mol. The molecule has 144 valence electrons. The van der Waals surface area contributed by atoms with Crippen LogP contribution >= 0.6 is 58.0 Å². The lowest BCUT2D eigenvalue weighted by Gasteiger charge is -2.24. The van der Waals surface area contributed by atoms with Gasteiger partial charge in [-0.2, -0.15) is 15.0 Å². The molecule has 0 saturated heterocycles. The number of hydrogen-bond acceptors (Lipinski definition) is 6. The molecule has 4 rings (SSSR count). The van der Waals surface area contributed by atoms with Crippen molar-refractivity contribution in [2.75, 3.05) is 12.4 Å². The summed E-state index contributed by atoms with van der Waals surface area (Å²) in [6.07, 6.45) is 0. The summed E-state index contributed by atoms with van der Waals surface area (Å²) in [5.41, 5.74) is 1.09. The number of benzene rings is 1. The molecule has 1 N–H and O–H groups in total. The zero-order chi connectivity index (χ0) is 20.1. The number of ether oxygens (including phenoxy) is 1. The SMILES string of the molecule is COc1ccc(N=c2nc3n4c(c(Cl)cc(Cl)c4n2)NC(C(Cl)(Cl)Cl)=N3)cc1. The largest absolute Gasteiger partial charge is 0.497 e. The number of nitrogens with one attached hydrogen (secondary N) is 1. The van der Waals surface area contributed by atoms with Crippen LogP contribution in [0.5, 0.6) is 5.75 Å². The van der Waals surface area contributed by atoms with Crippen LogP contribution in [0.4, 0.5) is 17.5 Å². The lowest BCUT2D eigenvalue weighted by atomic mass is 10.3. The minimum atomic E-state index is -1.81. The van der Waals surface area contributed by atoms with Crippen LogP contribution in [0.3, 0.4) is 0 Å². The van der Waals surface area contributed by atoms with Crippen molar-refractivity contribution in [1.82, 2.24) is 14.4 Å². The van der Waals surface area contributed by atoms with Crippen LogP contribution in [0.1, 0.15) is 0 Å². The van der Waals surface area contributed by atoms with Crippen molar-refractivity contribution in [1.29, 1.82) is 0 Å². The first kappa shape index (κ1) is 19.5. The molecule has 2 aromatic heterocycles. The van der Waals surface area contributed by atoms with E-state index < -0.39 is 3.79 Å². The Hall–Kier alpha value is -1.77. The summed E-state index contributed by atoms with van der Waals surface area (Å²) in [5, 5.41) is 3.46. The van der Waals surface area contributed by atoms with Gasteiger partial charge in [-0.25, -0.2) is 9.39 Å². The van der Waals surface area contributed by atoms with Gasteiger partial charge in [-0.3, -0.25) is 0 Å². The Morgan fingerprint density at radius 3 is 2.43 bits per heavy atom. The number of nitrogens with zero attached hydrogens (tertiary/aromatic N) is 5. The number of rotatable bonds is 2. The number of pyridine rings is 1. The molecule has 0 aliphatic carbocycles. The summed E-state index contributed by atoms with van der Waals surface area (Å²) in [6.45, 7) is 0. The number of aromatic nitrogens is 3.